The molecule has 3 aromatic rings. The van der Waals surface area contributed by atoms with Gasteiger partial charge in [0.2, 0.25) is 0 Å². The van der Waals surface area contributed by atoms with E-state index in [9.17, 15) is 0 Å². The summed E-state index contributed by atoms with van der Waals surface area (Å²) in [7, 11) is 0. The molecular formula is C19H19ClN4O. The van der Waals surface area contributed by atoms with Crippen LogP contribution in [0.25, 0.3) is 11.3 Å². The van der Waals surface area contributed by atoms with Gasteiger partial charge < -0.3 is 9.72 Å². The summed E-state index contributed by atoms with van der Waals surface area (Å²) >= 11 is 5.97. The Balaban J connectivity index is 1.55. The summed E-state index contributed by atoms with van der Waals surface area (Å²) < 4.78 is 5.70. The number of pyridine rings is 1. The van der Waals surface area contributed by atoms with Crippen molar-refractivity contribution in [2.45, 2.75) is 12.6 Å². The van der Waals surface area contributed by atoms with Gasteiger partial charge in [-0.3, -0.25) is 9.88 Å². The first-order valence-electron chi connectivity index (χ1n) is 8.32. The number of aromatic nitrogens is 3. The highest BCUT2D eigenvalue weighted by molar-refractivity contribution is 6.30. The largest absolute Gasteiger partial charge is 0.378 e. The molecule has 1 aliphatic heterocycles. The van der Waals surface area contributed by atoms with E-state index in [-0.39, 0.29) is 6.04 Å². The standard InChI is InChI=1S/C19H19ClN4O/c20-15-6-4-14(5-7-15)17-11-22-19(23-17)18-13-25-10-9-24(18)12-16-3-1-2-8-21-16/h1-8,11,18H,9-10,12-13H2,(H,22,23)/t18-/m0/s1. The average Bonchev–Trinajstić information content (AvgIpc) is 3.14. The normalized spacial score (nSPS) is 18.4. The first-order chi connectivity index (χ1) is 12.3. The lowest BCUT2D eigenvalue weighted by Gasteiger charge is -2.34. The first-order valence-corrected chi connectivity index (χ1v) is 8.70. The third kappa shape index (κ3) is 3.74. The van der Waals surface area contributed by atoms with Gasteiger partial charge in [-0.1, -0.05) is 29.8 Å². The molecule has 128 valence electrons. The van der Waals surface area contributed by atoms with Crippen molar-refractivity contribution in [3.63, 3.8) is 0 Å². The van der Waals surface area contributed by atoms with Gasteiger partial charge in [-0.25, -0.2) is 4.98 Å². The Labute approximate surface area is 151 Å². The zero-order valence-electron chi connectivity index (χ0n) is 13.7. The lowest BCUT2D eigenvalue weighted by molar-refractivity contribution is -0.0161. The zero-order valence-corrected chi connectivity index (χ0v) is 14.5. The maximum Gasteiger partial charge on any atom is 0.126 e. The molecule has 0 bridgehead atoms. The van der Waals surface area contributed by atoms with Crippen LogP contribution in [-0.4, -0.2) is 39.6 Å². The van der Waals surface area contributed by atoms with E-state index in [1.54, 1.807) is 0 Å². The molecule has 25 heavy (non-hydrogen) atoms. The summed E-state index contributed by atoms with van der Waals surface area (Å²) in [5.74, 6) is 0.917. The third-order valence-corrected chi connectivity index (χ3v) is 4.65. The van der Waals surface area contributed by atoms with Crippen molar-refractivity contribution in [1.82, 2.24) is 19.9 Å². The zero-order chi connectivity index (χ0) is 17.1. The molecule has 1 saturated heterocycles. The minimum atomic E-state index is 0.0943. The van der Waals surface area contributed by atoms with E-state index in [1.807, 2.05) is 54.9 Å². The van der Waals surface area contributed by atoms with E-state index in [1.165, 1.54) is 0 Å². The summed E-state index contributed by atoms with van der Waals surface area (Å²) in [4.78, 5) is 14.8. The van der Waals surface area contributed by atoms with Crippen LogP contribution in [-0.2, 0) is 11.3 Å². The second-order valence-corrected chi connectivity index (χ2v) is 6.51. The topological polar surface area (TPSA) is 54.0 Å². The van der Waals surface area contributed by atoms with Crippen molar-refractivity contribution in [2.75, 3.05) is 19.8 Å². The molecule has 1 aromatic carbocycles. The quantitative estimate of drug-likeness (QED) is 0.776. The monoisotopic (exact) mass is 354 g/mol. The summed E-state index contributed by atoms with van der Waals surface area (Å²) in [6.07, 6.45) is 3.70. The van der Waals surface area contributed by atoms with Crippen LogP contribution >= 0.6 is 11.6 Å². The maximum atomic E-state index is 5.97. The highest BCUT2D eigenvalue weighted by Crippen LogP contribution is 2.26. The Hall–Kier alpha value is -2.21. The summed E-state index contributed by atoms with van der Waals surface area (Å²) in [5, 5.41) is 0.728. The van der Waals surface area contributed by atoms with Crippen LogP contribution in [0, 0.1) is 0 Å². The lowest BCUT2D eigenvalue weighted by atomic mass is 10.2. The number of rotatable bonds is 4. The maximum absolute atomic E-state index is 5.97. The van der Waals surface area contributed by atoms with Gasteiger partial charge in [0.1, 0.15) is 5.82 Å². The van der Waals surface area contributed by atoms with Crippen LogP contribution in [0.15, 0.2) is 54.9 Å². The highest BCUT2D eigenvalue weighted by atomic mass is 35.5. The van der Waals surface area contributed by atoms with Gasteiger partial charge >= 0.3 is 0 Å². The van der Waals surface area contributed by atoms with Crippen LogP contribution < -0.4 is 0 Å². The number of hydrogen-bond donors (Lipinski definition) is 1. The van der Waals surface area contributed by atoms with Gasteiger partial charge in [0.05, 0.1) is 36.8 Å². The second kappa shape index (κ2) is 7.35. The van der Waals surface area contributed by atoms with Crippen molar-refractivity contribution in [3.05, 3.63) is 71.4 Å². The Kier molecular flexibility index (Phi) is 4.78. The molecule has 1 fully saturated rings. The molecule has 0 unspecified atom stereocenters. The van der Waals surface area contributed by atoms with E-state index < -0.39 is 0 Å². The molecule has 1 aliphatic rings. The van der Waals surface area contributed by atoms with Gasteiger partial charge in [0, 0.05) is 24.3 Å². The molecule has 1 atom stereocenters. The van der Waals surface area contributed by atoms with Crippen molar-refractivity contribution in [1.29, 1.82) is 0 Å². The molecule has 0 saturated carbocycles. The molecule has 1 N–H and O–H groups in total. The number of imidazole rings is 1. The molecule has 3 heterocycles. The van der Waals surface area contributed by atoms with Crippen LogP contribution in [0.4, 0.5) is 0 Å². The highest BCUT2D eigenvalue weighted by Gasteiger charge is 2.27. The number of nitrogens with zero attached hydrogens (tertiary/aromatic N) is 3. The van der Waals surface area contributed by atoms with E-state index >= 15 is 0 Å². The predicted octanol–water partition coefficient (Wildman–Crippen LogP) is 3.70. The van der Waals surface area contributed by atoms with Gasteiger partial charge in [0.25, 0.3) is 0 Å². The van der Waals surface area contributed by atoms with Crippen molar-refractivity contribution >= 4 is 11.6 Å². The van der Waals surface area contributed by atoms with Crippen molar-refractivity contribution < 1.29 is 4.74 Å². The molecule has 0 amide bonds. The number of aromatic amines is 1. The lowest BCUT2D eigenvalue weighted by Crippen LogP contribution is -2.39. The Bertz CT molecular complexity index is 819. The van der Waals surface area contributed by atoms with Crippen molar-refractivity contribution in [3.8, 4) is 11.3 Å². The predicted molar refractivity (Wildman–Crippen MR) is 97.2 cm³/mol. The number of nitrogens with one attached hydrogen (secondary N) is 1. The third-order valence-electron chi connectivity index (χ3n) is 4.40. The SMILES string of the molecule is Clc1ccc(-c2cnc([C@@H]3COCCN3Cc3ccccn3)[nH]2)cc1. The fraction of sp³-hybridized carbons (Fsp3) is 0.263. The number of ether oxygens (including phenoxy) is 1. The van der Waals surface area contributed by atoms with E-state index in [2.05, 4.69) is 19.9 Å². The smallest absolute Gasteiger partial charge is 0.126 e. The van der Waals surface area contributed by atoms with Crippen molar-refractivity contribution in [2.24, 2.45) is 0 Å². The molecule has 5 nitrogen and oxygen atoms in total. The molecule has 0 aliphatic carbocycles. The molecule has 4 rings (SSSR count). The number of hydrogen-bond acceptors (Lipinski definition) is 4. The summed E-state index contributed by atoms with van der Waals surface area (Å²) in [6, 6.07) is 13.8. The Morgan fingerprint density at radius 1 is 1.16 bits per heavy atom. The van der Waals surface area contributed by atoms with E-state index in [4.69, 9.17) is 16.3 Å². The minimum absolute atomic E-state index is 0.0943. The number of H-pyrrole nitrogens is 1. The van der Waals surface area contributed by atoms with Gasteiger partial charge in [-0.15, -0.1) is 0 Å². The fourth-order valence-corrected chi connectivity index (χ4v) is 3.19. The number of morpholine rings is 1. The minimum Gasteiger partial charge on any atom is -0.378 e. The molecule has 6 heteroatoms. The molecular weight excluding hydrogens is 336 g/mol. The van der Waals surface area contributed by atoms with Gasteiger partial charge in [0.15, 0.2) is 0 Å². The fourth-order valence-electron chi connectivity index (χ4n) is 3.06. The molecule has 0 spiro atoms. The summed E-state index contributed by atoms with van der Waals surface area (Å²) in [5.41, 5.74) is 3.10. The summed E-state index contributed by atoms with van der Waals surface area (Å²) in [6.45, 7) is 3.00. The van der Waals surface area contributed by atoms with Crippen LogP contribution in [0.1, 0.15) is 17.6 Å². The average molecular weight is 355 g/mol. The van der Waals surface area contributed by atoms with Crippen LogP contribution in [0.5, 0.6) is 0 Å². The molecule has 0 radical (unpaired) electrons. The first kappa shape index (κ1) is 16.3. The number of benzene rings is 1. The van der Waals surface area contributed by atoms with Crippen LogP contribution in [0.3, 0.4) is 0 Å². The van der Waals surface area contributed by atoms with Gasteiger partial charge in [-0.2, -0.15) is 0 Å². The number of halogens is 1. The Morgan fingerprint density at radius 3 is 2.84 bits per heavy atom. The van der Waals surface area contributed by atoms with Crippen LogP contribution in [0.2, 0.25) is 5.02 Å². The molecule has 2 aromatic heterocycles. The van der Waals surface area contributed by atoms with Gasteiger partial charge in [-0.05, 0) is 29.8 Å². The Morgan fingerprint density at radius 2 is 2.04 bits per heavy atom. The van der Waals surface area contributed by atoms with E-state index in [0.29, 0.717) is 6.61 Å². The van der Waals surface area contributed by atoms with E-state index in [0.717, 1.165) is 47.5 Å². The second-order valence-electron chi connectivity index (χ2n) is 6.07.